The zero-order valence-corrected chi connectivity index (χ0v) is 16.3. The lowest BCUT2D eigenvalue weighted by atomic mass is 10.1. The average molecular weight is 401 g/mol. The Bertz CT molecular complexity index is 349. The maximum atomic E-state index is 11.5. The van der Waals surface area contributed by atoms with Crippen molar-refractivity contribution in [2.75, 3.05) is 59.9 Å². The third-order valence-electron chi connectivity index (χ3n) is 3.23. The summed E-state index contributed by atoms with van der Waals surface area (Å²) in [4.78, 5) is 22.1. The molecule has 0 fully saturated rings. The standard InChI is InChI=1S/C16H32N2O7.ClH/c1-22-8-9-24-12-13-25-11-10-23-7-5-15(19)18-6-3-2-4-14(17)16(20)21;/h14H,2-13,17H2,1H3,(H,18,19)(H,20,21);1H/t14-;/m0./s1. The second-order valence-electron chi connectivity index (χ2n) is 5.37. The highest BCUT2D eigenvalue weighted by molar-refractivity contribution is 5.85. The Morgan fingerprint density at radius 1 is 0.962 bits per heavy atom. The van der Waals surface area contributed by atoms with Crippen molar-refractivity contribution in [2.45, 2.75) is 31.7 Å². The number of hydrogen-bond donors (Lipinski definition) is 3. The third-order valence-corrected chi connectivity index (χ3v) is 3.23. The fourth-order valence-corrected chi connectivity index (χ4v) is 1.78. The Morgan fingerprint density at radius 3 is 2.04 bits per heavy atom. The third kappa shape index (κ3) is 19.4. The summed E-state index contributed by atoms with van der Waals surface area (Å²) in [5.41, 5.74) is 5.38. The molecule has 26 heavy (non-hydrogen) atoms. The first-order valence-corrected chi connectivity index (χ1v) is 8.55. The number of aliphatic carboxylic acids is 1. The summed E-state index contributed by atoms with van der Waals surface area (Å²) in [6, 6.07) is -0.830. The average Bonchev–Trinajstić information content (AvgIpc) is 2.59. The van der Waals surface area contributed by atoms with Crippen LogP contribution < -0.4 is 11.1 Å². The topological polar surface area (TPSA) is 129 Å². The minimum atomic E-state index is -0.996. The Morgan fingerprint density at radius 2 is 1.50 bits per heavy atom. The van der Waals surface area contributed by atoms with E-state index >= 15 is 0 Å². The molecule has 0 aliphatic heterocycles. The van der Waals surface area contributed by atoms with Crippen LogP contribution in [0.4, 0.5) is 0 Å². The molecule has 0 unspecified atom stereocenters. The largest absolute Gasteiger partial charge is 0.480 e. The summed E-state index contributed by atoms with van der Waals surface area (Å²) in [5.74, 6) is -1.08. The van der Waals surface area contributed by atoms with Crippen LogP contribution in [-0.4, -0.2) is 82.9 Å². The number of amides is 1. The van der Waals surface area contributed by atoms with Crippen LogP contribution in [0.2, 0.25) is 0 Å². The number of carboxylic acid groups (broad SMARTS) is 1. The molecule has 10 heteroatoms. The maximum absolute atomic E-state index is 11.5. The zero-order valence-electron chi connectivity index (χ0n) is 15.4. The van der Waals surface area contributed by atoms with Crippen molar-refractivity contribution < 1.29 is 33.6 Å². The van der Waals surface area contributed by atoms with Gasteiger partial charge in [-0.1, -0.05) is 0 Å². The number of unbranched alkanes of at least 4 members (excludes halogenated alkanes) is 1. The van der Waals surface area contributed by atoms with Gasteiger partial charge in [-0.2, -0.15) is 0 Å². The van der Waals surface area contributed by atoms with Gasteiger partial charge in [-0.25, -0.2) is 0 Å². The monoisotopic (exact) mass is 400 g/mol. The summed E-state index contributed by atoms with van der Waals surface area (Å²) >= 11 is 0. The molecule has 0 aromatic carbocycles. The smallest absolute Gasteiger partial charge is 0.320 e. The van der Waals surface area contributed by atoms with E-state index in [1.165, 1.54) is 0 Å². The van der Waals surface area contributed by atoms with E-state index in [0.29, 0.717) is 72.1 Å². The molecule has 0 rings (SSSR count). The molecule has 0 bridgehead atoms. The molecule has 0 saturated carbocycles. The maximum Gasteiger partial charge on any atom is 0.320 e. The lowest BCUT2D eigenvalue weighted by Gasteiger charge is -2.08. The SMILES string of the molecule is COCCOCCOCCOCCC(=O)NCCCC[C@H](N)C(=O)O.Cl. The van der Waals surface area contributed by atoms with Gasteiger partial charge in [0.2, 0.25) is 5.91 Å². The lowest BCUT2D eigenvalue weighted by Crippen LogP contribution is -2.30. The molecular formula is C16H33ClN2O7. The Balaban J connectivity index is 0. The Labute approximate surface area is 161 Å². The van der Waals surface area contributed by atoms with Gasteiger partial charge in [-0.3, -0.25) is 9.59 Å². The van der Waals surface area contributed by atoms with Crippen LogP contribution in [0.15, 0.2) is 0 Å². The van der Waals surface area contributed by atoms with E-state index in [4.69, 9.17) is 29.8 Å². The van der Waals surface area contributed by atoms with Gasteiger partial charge in [-0.05, 0) is 19.3 Å². The van der Waals surface area contributed by atoms with Crippen molar-refractivity contribution in [1.29, 1.82) is 0 Å². The predicted octanol–water partition coefficient (Wildman–Crippen LogP) is 0.193. The molecule has 1 amide bonds. The van der Waals surface area contributed by atoms with Crippen molar-refractivity contribution in [2.24, 2.45) is 5.73 Å². The number of hydrogen-bond acceptors (Lipinski definition) is 7. The van der Waals surface area contributed by atoms with Crippen molar-refractivity contribution in [1.82, 2.24) is 5.32 Å². The van der Waals surface area contributed by atoms with Crippen LogP contribution in [0.5, 0.6) is 0 Å². The number of carboxylic acids is 1. The van der Waals surface area contributed by atoms with Gasteiger partial charge < -0.3 is 35.1 Å². The number of nitrogens with two attached hydrogens (primary N) is 1. The molecular weight excluding hydrogens is 368 g/mol. The number of rotatable bonds is 18. The summed E-state index contributed by atoms with van der Waals surface area (Å²) in [6.07, 6.45) is 2.06. The van der Waals surface area contributed by atoms with Gasteiger partial charge in [0.15, 0.2) is 0 Å². The van der Waals surface area contributed by atoms with Gasteiger partial charge in [-0.15, -0.1) is 12.4 Å². The molecule has 0 aliphatic carbocycles. The molecule has 0 saturated heterocycles. The molecule has 0 heterocycles. The molecule has 0 radical (unpaired) electrons. The first-order valence-electron chi connectivity index (χ1n) is 8.55. The first kappa shape index (κ1) is 27.3. The van der Waals surface area contributed by atoms with Gasteiger partial charge in [0.1, 0.15) is 6.04 Å². The fourth-order valence-electron chi connectivity index (χ4n) is 1.78. The summed E-state index contributed by atoms with van der Waals surface area (Å²) < 4.78 is 20.7. The van der Waals surface area contributed by atoms with Crippen molar-refractivity contribution >= 4 is 24.3 Å². The van der Waals surface area contributed by atoms with Crippen LogP contribution in [0.3, 0.4) is 0 Å². The highest BCUT2D eigenvalue weighted by atomic mass is 35.5. The zero-order chi connectivity index (χ0) is 18.8. The lowest BCUT2D eigenvalue weighted by molar-refractivity contribution is -0.138. The van der Waals surface area contributed by atoms with E-state index < -0.39 is 12.0 Å². The first-order chi connectivity index (χ1) is 12.1. The Kier molecular flexibility index (Phi) is 21.3. The number of ether oxygens (including phenoxy) is 4. The van der Waals surface area contributed by atoms with Gasteiger partial charge >= 0.3 is 5.97 Å². The van der Waals surface area contributed by atoms with Crippen LogP contribution in [0.25, 0.3) is 0 Å². The van der Waals surface area contributed by atoms with E-state index in [-0.39, 0.29) is 24.7 Å². The minimum absolute atomic E-state index is 0. The molecule has 9 nitrogen and oxygen atoms in total. The van der Waals surface area contributed by atoms with E-state index in [1.54, 1.807) is 7.11 Å². The normalized spacial score (nSPS) is 11.6. The highest BCUT2D eigenvalue weighted by Crippen LogP contribution is 1.98. The molecule has 0 aliphatic rings. The summed E-state index contributed by atoms with van der Waals surface area (Å²) in [7, 11) is 1.62. The second kappa shape index (κ2) is 20.3. The number of nitrogens with one attached hydrogen (secondary N) is 1. The van der Waals surface area contributed by atoms with Crippen molar-refractivity contribution in [3.63, 3.8) is 0 Å². The molecule has 4 N–H and O–H groups in total. The molecule has 156 valence electrons. The van der Waals surface area contributed by atoms with Crippen LogP contribution in [0.1, 0.15) is 25.7 Å². The molecule has 0 aromatic heterocycles. The van der Waals surface area contributed by atoms with E-state index in [2.05, 4.69) is 5.32 Å². The number of carbonyl (C=O) groups excluding carboxylic acids is 1. The second-order valence-corrected chi connectivity index (χ2v) is 5.37. The Hall–Kier alpha value is -0.970. The summed E-state index contributed by atoms with van der Waals surface area (Å²) in [6.45, 7) is 3.87. The van der Waals surface area contributed by atoms with Crippen LogP contribution in [0, 0.1) is 0 Å². The van der Waals surface area contributed by atoms with E-state index in [0.717, 1.165) is 0 Å². The van der Waals surface area contributed by atoms with Gasteiger partial charge in [0.05, 0.1) is 46.2 Å². The number of methoxy groups -OCH3 is 1. The van der Waals surface area contributed by atoms with Gasteiger partial charge in [0.25, 0.3) is 0 Å². The molecule has 1 atom stereocenters. The molecule has 0 aromatic rings. The number of halogens is 1. The fraction of sp³-hybridized carbons (Fsp3) is 0.875. The van der Waals surface area contributed by atoms with Crippen molar-refractivity contribution in [3.05, 3.63) is 0 Å². The van der Waals surface area contributed by atoms with Gasteiger partial charge in [0, 0.05) is 20.1 Å². The van der Waals surface area contributed by atoms with Crippen molar-refractivity contribution in [3.8, 4) is 0 Å². The van der Waals surface area contributed by atoms with E-state index in [1.807, 2.05) is 0 Å². The predicted molar refractivity (Wildman–Crippen MR) is 98.7 cm³/mol. The number of carbonyl (C=O) groups is 2. The quantitative estimate of drug-likeness (QED) is 0.278. The summed E-state index contributed by atoms with van der Waals surface area (Å²) in [5, 5.41) is 11.4. The highest BCUT2D eigenvalue weighted by Gasteiger charge is 2.10. The minimum Gasteiger partial charge on any atom is -0.480 e. The molecule has 0 spiro atoms. The van der Waals surface area contributed by atoms with Crippen LogP contribution in [-0.2, 0) is 28.5 Å². The van der Waals surface area contributed by atoms with E-state index in [9.17, 15) is 9.59 Å². The van der Waals surface area contributed by atoms with Crippen LogP contribution >= 0.6 is 12.4 Å².